The number of ketones is 1. The van der Waals surface area contributed by atoms with Crippen molar-refractivity contribution >= 4 is 17.5 Å². The quantitative estimate of drug-likeness (QED) is 0.442. The molecule has 1 fully saturated rings. The van der Waals surface area contributed by atoms with Crippen molar-refractivity contribution in [2.45, 2.75) is 24.2 Å². The van der Waals surface area contributed by atoms with Crippen molar-refractivity contribution in [1.29, 1.82) is 10.5 Å². The molecule has 3 unspecified atom stereocenters. The maximum Gasteiger partial charge on any atom is 0.416 e. The Morgan fingerprint density at radius 3 is 2.29 bits per heavy atom. The summed E-state index contributed by atoms with van der Waals surface area (Å²) in [5, 5.41) is 20.7. The van der Waals surface area contributed by atoms with Gasteiger partial charge < -0.3 is 4.90 Å². The monoisotopic (exact) mass is 469 g/mol. The molecule has 172 valence electrons. The molecule has 2 aliphatic heterocycles. The second-order valence-corrected chi connectivity index (χ2v) is 8.64. The molecule has 0 amide bonds. The lowest BCUT2D eigenvalue weighted by Gasteiger charge is -2.35. The molecular weight excluding hydrogens is 451 g/mol. The summed E-state index contributed by atoms with van der Waals surface area (Å²) in [7, 11) is 0. The van der Waals surface area contributed by atoms with E-state index < -0.39 is 35.2 Å². The van der Waals surface area contributed by atoms with E-state index in [1.165, 1.54) is 12.1 Å². The van der Waals surface area contributed by atoms with Crippen LogP contribution in [-0.2, 0) is 6.18 Å². The lowest BCUT2D eigenvalue weighted by molar-refractivity contribution is -0.137. The van der Waals surface area contributed by atoms with Crippen LogP contribution in [0.25, 0.3) is 6.08 Å². The van der Waals surface area contributed by atoms with Gasteiger partial charge in [0.15, 0.2) is 11.2 Å². The van der Waals surface area contributed by atoms with Gasteiger partial charge in [0.25, 0.3) is 0 Å². The van der Waals surface area contributed by atoms with Crippen molar-refractivity contribution in [3.8, 4) is 12.1 Å². The lowest BCUT2D eigenvalue weighted by Crippen LogP contribution is -2.44. The molecule has 0 saturated carbocycles. The Labute approximate surface area is 200 Å². The van der Waals surface area contributed by atoms with E-state index in [-0.39, 0.29) is 11.3 Å². The summed E-state index contributed by atoms with van der Waals surface area (Å²) >= 11 is 0. The lowest BCUT2D eigenvalue weighted by atomic mass is 9.69. The second kappa shape index (κ2) is 8.14. The number of carbonyl (C=O) groups is 1. The molecule has 35 heavy (non-hydrogen) atoms. The van der Waals surface area contributed by atoms with E-state index in [1.807, 2.05) is 12.1 Å². The van der Waals surface area contributed by atoms with E-state index in [0.717, 1.165) is 17.7 Å². The molecule has 7 heteroatoms. The second-order valence-electron chi connectivity index (χ2n) is 8.64. The first-order valence-electron chi connectivity index (χ1n) is 11.0. The Balaban J connectivity index is 1.79. The molecule has 0 aromatic heterocycles. The maximum atomic E-state index is 14.0. The predicted octanol–water partition coefficient (Wildman–Crippen LogP) is 5.99. The van der Waals surface area contributed by atoms with Gasteiger partial charge in [-0.25, -0.2) is 0 Å². The van der Waals surface area contributed by atoms with Crippen LogP contribution in [0.5, 0.6) is 0 Å². The van der Waals surface area contributed by atoms with Crippen molar-refractivity contribution in [2.24, 2.45) is 5.41 Å². The predicted molar refractivity (Wildman–Crippen MR) is 124 cm³/mol. The van der Waals surface area contributed by atoms with Gasteiger partial charge in [-0.1, -0.05) is 78.9 Å². The number of halogens is 3. The molecule has 0 bridgehead atoms. The first-order chi connectivity index (χ1) is 16.8. The molecule has 3 aromatic carbocycles. The Bertz CT molecular complexity index is 1400. The zero-order valence-corrected chi connectivity index (χ0v) is 18.3. The molecule has 0 radical (unpaired) electrons. The van der Waals surface area contributed by atoms with Crippen LogP contribution < -0.4 is 4.90 Å². The van der Waals surface area contributed by atoms with Gasteiger partial charge in [-0.05, 0) is 23.3 Å². The Kier molecular flexibility index (Phi) is 5.22. The van der Waals surface area contributed by atoms with Crippen molar-refractivity contribution in [3.63, 3.8) is 0 Å². The standard InChI is InChI=1S/C28H18F3N3O/c29-28(30,31)21-11-6-10-20(15-21)24-25(26(35)19-8-2-1-3-9-19)34-22-12-5-4-7-18(22)13-14-23(34)27(24,16-32)17-33/h1-15,23-25H. The fourth-order valence-corrected chi connectivity index (χ4v) is 5.29. The molecule has 3 aromatic rings. The Morgan fingerprint density at radius 1 is 0.914 bits per heavy atom. The van der Waals surface area contributed by atoms with Gasteiger partial charge >= 0.3 is 6.18 Å². The Morgan fingerprint density at radius 2 is 1.60 bits per heavy atom. The number of rotatable bonds is 3. The molecule has 0 N–H and O–H groups in total. The van der Waals surface area contributed by atoms with Crippen LogP contribution in [0.2, 0.25) is 0 Å². The zero-order chi connectivity index (χ0) is 24.8. The SMILES string of the molecule is N#CC1(C#N)C(c2cccc(C(F)(F)F)c2)C(C(=O)c2ccccc2)N2c3ccccc3C=CC21. The number of carbonyl (C=O) groups excluding carboxylic acids is 1. The van der Waals surface area contributed by atoms with Crippen LogP contribution in [0.4, 0.5) is 18.9 Å². The number of hydrogen-bond donors (Lipinski definition) is 0. The summed E-state index contributed by atoms with van der Waals surface area (Å²) < 4.78 is 40.8. The number of nitriles is 2. The van der Waals surface area contributed by atoms with E-state index in [9.17, 15) is 28.5 Å². The van der Waals surface area contributed by atoms with Gasteiger partial charge in [-0.15, -0.1) is 0 Å². The summed E-state index contributed by atoms with van der Waals surface area (Å²) in [5.41, 5.74) is -0.776. The summed E-state index contributed by atoms with van der Waals surface area (Å²) in [5.74, 6) is -1.50. The van der Waals surface area contributed by atoms with Crippen LogP contribution >= 0.6 is 0 Å². The third kappa shape index (κ3) is 3.40. The van der Waals surface area contributed by atoms with Crippen molar-refractivity contribution in [3.05, 3.63) is 107 Å². The van der Waals surface area contributed by atoms with Gasteiger partial charge in [0.2, 0.25) is 0 Å². The molecule has 1 saturated heterocycles. The topological polar surface area (TPSA) is 67.9 Å². The van der Waals surface area contributed by atoms with Crippen molar-refractivity contribution in [2.75, 3.05) is 4.90 Å². The fourth-order valence-electron chi connectivity index (χ4n) is 5.29. The van der Waals surface area contributed by atoms with Gasteiger partial charge in [0.1, 0.15) is 6.04 Å². The molecule has 0 aliphatic carbocycles. The number of nitrogens with zero attached hydrogens (tertiary/aromatic N) is 3. The first kappa shape index (κ1) is 22.4. The van der Waals surface area contributed by atoms with E-state index in [4.69, 9.17) is 0 Å². The van der Waals surface area contributed by atoms with Gasteiger partial charge in [0, 0.05) is 17.2 Å². The molecule has 2 heterocycles. The molecular formula is C28H18F3N3O. The zero-order valence-electron chi connectivity index (χ0n) is 18.3. The van der Waals surface area contributed by atoms with Crippen LogP contribution in [0.15, 0.2) is 84.9 Å². The van der Waals surface area contributed by atoms with Gasteiger partial charge in [-0.2, -0.15) is 23.7 Å². The van der Waals surface area contributed by atoms with Crippen LogP contribution in [0, 0.1) is 28.1 Å². The summed E-state index contributed by atoms with van der Waals surface area (Å²) in [6.45, 7) is 0. The van der Waals surface area contributed by atoms with Crippen LogP contribution in [0.1, 0.15) is 33.0 Å². The minimum absolute atomic E-state index is 0.123. The number of hydrogen-bond acceptors (Lipinski definition) is 4. The van der Waals surface area contributed by atoms with E-state index >= 15 is 0 Å². The largest absolute Gasteiger partial charge is 0.416 e. The third-order valence-corrected chi connectivity index (χ3v) is 6.82. The van der Waals surface area contributed by atoms with Crippen molar-refractivity contribution < 1.29 is 18.0 Å². The maximum absolute atomic E-state index is 14.0. The normalized spacial score (nSPS) is 22.0. The molecule has 2 aliphatic rings. The highest BCUT2D eigenvalue weighted by Crippen LogP contribution is 2.55. The molecule has 4 nitrogen and oxygen atoms in total. The van der Waals surface area contributed by atoms with Crippen molar-refractivity contribution in [1.82, 2.24) is 0 Å². The Hall–Kier alpha value is -4.36. The third-order valence-electron chi connectivity index (χ3n) is 6.82. The van der Waals surface area contributed by atoms with Crippen LogP contribution in [-0.4, -0.2) is 17.9 Å². The summed E-state index contributed by atoms with van der Waals surface area (Å²) in [6, 6.07) is 22.6. The average molecular weight is 469 g/mol. The average Bonchev–Trinajstić information content (AvgIpc) is 3.19. The number of Topliss-reactive ketones (excluding diaryl/α,β-unsaturated/α-hetero) is 1. The minimum atomic E-state index is -4.62. The highest BCUT2D eigenvalue weighted by molar-refractivity contribution is 6.04. The number of anilines is 1. The number of benzene rings is 3. The van der Waals surface area contributed by atoms with E-state index in [0.29, 0.717) is 11.3 Å². The smallest absolute Gasteiger partial charge is 0.351 e. The first-order valence-corrected chi connectivity index (χ1v) is 11.0. The summed E-state index contributed by atoms with van der Waals surface area (Å²) in [6.07, 6.45) is -1.12. The fraction of sp³-hybridized carbons (Fsp3) is 0.179. The van der Waals surface area contributed by atoms with E-state index in [2.05, 4.69) is 12.1 Å². The van der Waals surface area contributed by atoms with Gasteiger partial charge in [0.05, 0.1) is 23.7 Å². The number of alkyl halides is 3. The molecule has 3 atom stereocenters. The number of para-hydroxylation sites is 1. The highest BCUT2D eigenvalue weighted by Gasteiger charge is 2.63. The highest BCUT2D eigenvalue weighted by atomic mass is 19.4. The van der Waals surface area contributed by atoms with Crippen LogP contribution in [0.3, 0.4) is 0 Å². The van der Waals surface area contributed by atoms with E-state index in [1.54, 1.807) is 59.5 Å². The molecule has 0 spiro atoms. The molecule has 5 rings (SSSR count). The minimum Gasteiger partial charge on any atom is -0.351 e. The van der Waals surface area contributed by atoms with Gasteiger partial charge in [-0.3, -0.25) is 4.79 Å². The number of fused-ring (bicyclic) bond motifs is 3. The summed E-state index contributed by atoms with van der Waals surface area (Å²) in [4.78, 5) is 15.7.